The molecule has 2 aliphatic carbocycles. The molecule has 4 rings (SSSR count). The third kappa shape index (κ3) is 2.73. The van der Waals surface area contributed by atoms with Crippen molar-refractivity contribution in [1.29, 1.82) is 0 Å². The number of aryl methyl sites for hydroxylation is 2. The zero-order chi connectivity index (χ0) is 18.6. The monoisotopic (exact) mass is 421 g/mol. The van der Waals surface area contributed by atoms with E-state index >= 15 is 0 Å². The Morgan fingerprint density at radius 1 is 1.27 bits per heavy atom. The topological polar surface area (TPSA) is 81.7 Å². The molecule has 0 spiro atoms. The second-order valence-corrected chi connectivity index (χ2v) is 8.47. The first-order chi connectivity index (χ1) is 12.4. The molecule has 1 amide bonds. The summed E-state index contributed by atoms with van der Waals surface area (Å²) in [6.07, 6.45) is 0.653. The number of nitrogens with one attached hydrogen (secondary N) is 1. The van der Waals surface area contributed by atoms with Gasteiger partial charge in [0.15, 0.2) is 6.61 Å². The van der Waals surface area contributed by atoms with E-state index in [-0.39, 0.29) is 35.3 Å². The van der Waals surface area contributed by atoms with E-state index in [9.17, 15) is 14.4 Å². The smallest absolute Gasteiger partial charge is 0.310 e. The Hall–Kier alpha value is -1.89. The number of fused-ring (bicyclic) bond motifs is 1. The number of carbonyl (C=O) groups excluding carboxylic acids is 3. The Bertz CT molecular complexity index is 794. The van der Waals surface area contributed by atoms with E-state index in [1.165, 1.54) is 0 Å². The van der Waals surface area contributed by atoms with Gasteiger partial charge in [-0.25, -0.2) is 0 Å². The molecule has 1 aromatic rings. The van der Waals surface area contributed by atoms with Crippen molar-refractivity contribution in [2.24, 2.45) is 23.7 Å². The van der Waals surface area contributed by atoms with Crippen LogP contribution in [0, 0.1) is 37.5 Å². The molecule has 7 heteroatoms. The first kappa shape index (κ1) is 17.5. The molecule has 0 unspecified atom stereocenters. The molecular formula is C19H20BrNO5. The number of benzene rings is 1. The largest absolute Gasteiger partial charge is 0.461 e. The second-order valence-electron chi connectivity index (χ2n) is 7.42. The molecule has 1 aliphatic heterocycles. The number of carbonyl (C=O) groups is 3. The van der Waals surface area contributed by atoms with Crippen LogP contribution in [0.2, 0.25) is 0 Å². The average Bonchev–Trinajstić information content (AvgIpc) is 3.20. The van der Waals surface area contributed by atoms with Crippen molar-refractivity contribution in [3.63, 3.8) is 0 Å². The average molecular weight is 422 g/mol. The van der Waals surface area contributed by atoms with E-state index in [1.54, 1.807) is 0 Å². The van der Waals surface area contributed by atoms with Gasteiger partial charge in [0.2, 0.25) is 0 Å². The number of rotatable bonds is 4. The van der Waals surface area contributed by atoms with Crippen molar-refractivity contribution in [3.8, 4) is 0 Å². The molecule has 2 bridgehead atoms. The molecule has 0 radical (unpaired) electrons. The van der Waals surface area contributed by atoms with E-state index in [0.717, 1.165) is 17.5 Å². The summed E-state index contributed by atoms with van der Waals surface area (Å²) < 4.78 is 10.6. The molecule has 1 N–H and O–H groups in total. The van der Waals surface area contributed by atoms with Gasteiger partial charge in [0.1, 0.15) is 6.10 Å². The third-order valence-corrected chi connectivity index (χ3v) is 7.13. The Kier molecular flexibility index (Phi) is 4.29. The lowest BCUT2D eigenvalue weighted by molar-refractivity contribution is -0.157. The van der Waals surface area contributed by atoms with Crippen LogP contribution in [0.15, 0.2) is 18.2 Å². The molecule has 1 heterocycles. The lowest BCUT2D eigenvalue weighted by atomic mass is 9.80. The number of hydrogen-bond acceptors (Lipinski definition) is 5. The van der Waals surface area contributed by atoms with Gasteiger partial charge in [-0.3, -0.25) is 14.4 Å². The highest BCUT2D eigenvalue weighted by Crippen LogP contribution is 2.60. The van der Waals surface area contributed by atoms with Crippen LogP contribution in [-0.2, 0) is 23.9 Å². The summed E-state index contributed by atoms with van der Waals surface area (Å²) in [6.45, 7) is 3.59. The molecule has 26 heavy (non-hydrogen) atoms. The SMILES string of the molecule is Cc1ccc(NC(=O)COC(=O)[C@@H]2[C@H]3C[C@H]4[C@H](OC(=O)[C@@H]42)[C@@H]3Br)cc1C. The summed E-state index contributed by atoms with van der Waals surface area (Å²) in [5.41, 5.74) is 2.87. The van der Waals surface area contributed by atoms with Crippen LogP contribution in [0.5, 0.6) is 0 Å². The molecular weight excluding hydrogens is 402 g/mol. The molecule has 138 valence electrons. The number of anilines is 1. The van der Waals surface area contributed by atoms with Crippen LogP contribution in [0.3, 0.4) is 0 Å². The van der Waals surface area contributed by atoms with E-state index in [0.29, 0.717) is 5.69 Å². The zero-order valence-corrected chi connectivity index (χ0v) is 16.1. The molecule has 2 saturated carbocycles. The minimum Gasteiger partial charge on any atom is -0.461 e. The van der Waals surface area contributed by atoms with Gasteiger partial charge >= 0.3 is 11.9 Å². The summed E-state index contributed by atoms with van der Waals surface area (Å²) >= 11 is 3.56. The van der Waals surface area contributed by atoms with Gasteiger partial charge in [0.05, 0.1) is 16.7 Å². The van der Waals surface area contributed by atoms with Gasteiger partial charge in [0.25, 0.3) is 5.91 Å². The van der Waals surface area contributed by atoms with Crippen LogP contribution in [-0.4, -0.2) is 35.4 Å². The Morgan fingerprint density at radius 3 is 2.77 bits per heavy atom. The molecule has 3 aliphatic rings. The van der Waals surface area contributed by atoms with Crippen molar-refractivity contribution in [3.05, 3.63) is 29.3 Å². The second kappa shape index (κ2) is 6.37. The predicted molar refractivity (Wildman–Crippen MR) is 96.7 cm³/mol. The van der Waals surface area contributed by atoms with Crippen molar-refractivity contribution in [2.75, 3.05) is 11.9 Å². The Labute approximate surface area is 159 Å². The van der Waals surface area contributed by atoms with Crippen LogP contribution < -0.4 is 5.32 Å². The van der Waals surface area contributed by atoms with Crippen LogP contribution in [0.25, 0.3) is 0 Å². The molecule has 1 saturated heterocycles. The zero-order valence-electron chi connectivity index (χ0n) is 14.5. The number of esters is 2. The van der Waals surface area contributed by atoms with E-state index in [4.69, 9.17) is 9.47 Å². The number of alkyl halides is 1. The summed E-state index contributed by atoms with van der Waals surface area (Å²) in [4.78, 5) is 36.7. The van der Waals surface area contributed by atoms with Gasteiger partial charge in [-0.05, 0) is 49.4 Å². The number of hydrogen-bond donors (Lipinski definition) is 1. The highest BCUT2D eigenvalue weighted by atomic mass is 79.9. The fourth-order valence-electron chi connectivity index (χ4n) is 4.54. The van der Waals surface area contributed by atoms with Gasteiger partial charge in [0, 0.05) is 11.6 Å². The van der Waals surface area contributed by atoms with Crippen LogP contribution in [0.1, 0.15) is 17.5 Å². The van der Waals surface area contributed by atoms with Crippen LogP contribution in [0.4, 0.5) is 5.69 Å². The fraction of sp³-hybridized carbons (Fsp3) is 0.526. The molecule has 3 fully saturated rings. The Balaban J connectivity index is 1.36. The van der Waals surface area contributed by atoms with Gasteiger partial charge in [-0.1, -0.05) is 22.0 Å². The van der Waals surface area contributed by atoms with Gasteiger partial charge in [-0.2, -0.15) is 0 Å². The minimum atomic E-state index is -0.523. The van der Waals surface area contributed by atoms with Crippen molar-refractivity contribution < 1.29 is 23.9 Å². The van der Waals surface area contributed by atoms with E-state index in [1.807, 2.05) is 32.0 Å². The standard InChI is InChI=1S/C19H20BrNO5/c1-8-3-4-10(5-9(8)2)21-13(22)7-25-18(23)14-11-6-12-15(14)19(24)26-17(12)16(11)20/h3-5,11-12,14-17H,6-7H2,1-2H3,(H,21,22)/t11-,12-,14-,15+,16-,17+/m1/s1. The summed E-state index contributed by atoms with van der Waals surface area (Å²) in [7, 11) is 0. The minimum absolute atomic E-state index is 0.0166. The summed E-state index contributed by atoms with van der Waals surface area (Å²) in [6, 6.07) is 5.60. The Morgan fingerprint density at radius 2 is 2.04 bits per heavy atom. The molecule has 1 aromatic carbocycles. The molecule has 6 nitrogen and oxygen atoms in total. The van der Waals surface area contributed by atoms with E-state index in [2.05, 4.69) is 21.2 Å². The highest BCUT2D eigenvalue weighted by Gasteiger charge is 2.68. The van der Waals surface area contributed by atoms with E-state index < -0.39 is 23.7 Å². The maximum atomic E-state index is 12.5. The molecule has 0 aromatic heterocycles. The maximum absolute atomic E-state index is 12.5. The normalized spacial score (nSPS) is 33.9. The predicted octanol–water partition coefficient (Wildman–Crippen LogP) is 2.36. The lowest BCUT2D eigenvalue weighted by Gasteiger charge is -2.26. The van der Waals surface area contributed by atoms with Crippen molar-refractivity contribution in [2.45, 2.75) is 31.2 Å². The van der Waals surface area contributed by atoms with Crippen molar-refractivity contribution in [1.82, 2.24) is 0 Å². The fourth-order valence-corrected chi connectivity index (χ4v) is 5.59. The summed E-state index contributed by atoms with van der Waals surface area (Å²) in [5, 5.41) is 2.72. The number of halogens is 1. The molecule has 6 atom stereocenters. The van der Waals surface area contributed by atoms with Crippen LogP contribution >= 0.6 is 15.9 Å². The van der Waals surface area contributed by atoms with Crippen molar-refractivity contribution >= 4 is 39.5 Å². The lowest BCUT2D eigenvalue weighted by Crippen LogP contribution is -2.39. The first-order valence-corrected chi connectivity index (χ1v) is 9.66. The highest BCUT2D eigenvalue weighted by molar-refractivity contribution is 9.09. The quantitative estimate of drug-likeness (QED) is 0.595. The number of amides is 1. The van der Waals surface area contributed by atoms with Gasteiger partial charge in [-0.15, -0.1) is 0 Å². The summed E-state index contributed by atoms with van der Waals surface area (Å²) in [5.74, 6) is -2.04. The maximum Gasteiger partial charge on any atom is 0.310 e. The third-order valence-electron chi connectivity index (χ3n) is 5.93. The number of ether oxygens (including phenoxy) is 2. The van der Waals surface area contributed by atoms with Gasteiger partial charge < -0.3 is 14.8 Å². The first-order valence-electron chi connectivity index (χ1n) is 8.75.